The lowest BCUT2D eigenvalue weighted by atomic mass is 9.69. The van der Waals surface area contributed by atoms with E-state index in [1.807, 2.05) is 0 Å². The molecule has 1 aromatic rings. The molecule has 1 aromatic carbocycles. The Balaban J connectivity index is 2.37. The summed E-state index contributed by atoms with van der Waals surface area (Å²) in [5.74, 6) is -0.392. The molecule has 1 aliphatic rings. The van der Waals surface area contributed by atoms with Crippen LogP contribution in [-0.2, 0) is 0 Å². The molecule has 1 N–H and O–H groups in total. The van der Waals surface area contributed by atoms with Gasteiger partial charge in [-0.05, 0) is 36.6 Å². The summed E-state index contributed by atoms with van der Waals surface area (Å²) in [6.07, 6.45) is 3.39. The van der Waals surface area contributed by atoms with Gasteiger partial charge in [-0.3, -0.25) is 0 Å². The zero-order valence-corrected chi connectivity index (χ0v) is 11.6. The standard InChI is InChI=1S/C14H15BrFNO/c15-12-5-4-10(16)8-11(12)13(18)14(9-17)6-2-1-3-7-14/h4-5,8,13,18H,1-3,6-7H2. The highest BCUT2D eigenvalue weighted by Gasteiger charge is 2.41. The quantitative estimate of drug-likeness (QED) is 0.893. The highest BCUT2D eigenvalue weighted by atomic mass is 79.9. The average Bonchev–Trinajstić information content (AvgIpc) is 2.41. The molecular formula is C14H15BrFNO. The minimum atomic E-state index is -0.937. The van der Waals surface area contributed by atoms with Crippen molar-refractivity contribution in [3.63, 3.8) is 0 Å². The smallest absolute Gasteiger partial charge is 0.123 e. The molecule has 1 unspecified atom stereocenters. The van der Waals surface area contributed by atoms with E-state index in [-0.39, 0.29) is 0 Å². The van der Waals surface area contributed by atoms with Crippen LogP contribution >= 0.6 is 15.9 Å². The van der Waals surface area contributed by atoms with Crippen LogP contribution in [0.15, 0.2) is 22.7 Å². The summed E-state index contributed by atoms with van der Waals surface area (Å²) in [7, 11) is 0. The number of aliphatic hydroxyl groups excluding tert-OH is 1. The average molecular weight is 312 g/mol. The van der Waals surface area contributed by atoms with Crippen molar-refractivity contribution in [3.8, 4) is 6.07 Å². The van der Waals surface area contributed by atoms with Crippen LogP contribution in [0.2, 0.25) is 0 Å². The van der Waals surface area contributed by atoms with Gasteiger partial charge in [0.25, 0.3) is 0 Å². The normalized spacial score (nSPS) is 20.1. The topological polar surface area (TPSA) is 44.0 Å². The van der Waals surface area contributed by atoms with Crippen LogP contribution < -0.4 is 0 Å². The maximum absolute atomic E-state index is 13.3. The second-order valence-electron chi connectivity index (χ2n) is 4.90. The van der Waals surface area contributed by atoms with Crippen molar-refractivity contribution in [2.45, 2.75) is 38.2 Å². The first-order valence-corrected chi connectivity index (χ1v) is 6.93. The van der Waals surface area contributed by atoms with E-state index in [9.17, 15) is 14.8 Å². The van der Waals surface area contributed by atoms with Gasteiger partial charge in [0.15, 0.2) is 0 Å². The van der Waals surface area contributed by atoms with Crippen LogP contribution in [0.3, 0.4) is 0 Å². The molecule has 0 aliphatic heterocycles. The molecular weight excluding hydrogens is 297 g/mol. The number of hydrogen-bond acceptors (Lipinski definition) is 2. The molecule has 1 fully saturated rings. The second-order valence-corrected chi connectivity index (χ2v) is 5.75. The lowest BCUT2D eigenvalue weighted by Gasteiger charge is -2.35. The Bertz CT molecular complexity index is 477. The second kappa shape index (κ2) is 5.38. The van der Waals surface area contributed by atoms with Gasteiger partial charge in [0.05, 0.1) is 17.6 Å². The van der Waals surface area contributed by atoms with Gasteiger partial charge in [-0.15, -0.1) is 0 Å². The molecule has 0 amide bonds. The minimum Gasteiger partial charge on any atom is -0.387 e. The Morgan fingerprint density at radius 1 is 1.33 bits per heavy atom. The molecule has 0 spiro atoms. The summed E-state index contributed by atoms with van der Waals surface area (Å²) in [6.45, 7) is 0. The first-order chi connectivity index (χ1) is 8.59. The van der Waals surface area contributed by atoms with E-state index < -0.39 is 17.3 Å². The van der Waals surface area contributed by atoms with E-state index in [2.05, 4.69) is 22.0 Å². The van der Waals surface area contributed by atoms with Crippen LogP contribution in [0.1, 0.15) is 43.8 Å². The number of aliphatic hydroxyl groups is 1. The maximum atomic E-state index is 13.3. The lowest BCUT2D eigenvalue weighted by molar-refractivity contribution is 0.0352. The number of rotatable bonds is 2. The van der Waals surface area contributed by atoms with Gasteiger partial charge in [-0.2, -0.15) is 5.26 Å². The fraction of sp³-hybridized carbons (Fsp3) is 0.500. The van der Waals surface area contributed by atoms with E-state index >= 15 is 0 Å². The van der Waals surface area contributed by atoms with Crippen molar-refractivity contribution in [2.24, 2.45) is 5.41 Å². The van der Waals surface area contributed by atoms with Crippen LogP contribution in [-0.4, -0.2) is 5.11 Å². The summed E-state index contributed by atoms with van der Waals surface area (Å²) < 4.78 is 13.9. The predicted molar refractivity (Wildman–Crippen MR) is 70.2 cm³/mol. The fourth-order valence-electron chi connectivity index (χ4n) is 2.65. The van der Waals surface area contributed by atoms with Crippen molar-refractivity contribution in [2.75, 3.05) is 0 Å². The molecule has 0 bridgehead atoms. The van der Waals surface area contributed by atoms with E-state index in [0.29, 0.717) is 22.9 Å². The first kappa shape index (κ1) is 13.5. The zero-order chi connectivity index (χ0) is 13.2. The highest BCUT2D eigenvalue weighted by Crippen LogP contribution is 2.47. The first-order valence-electron chi connectivity index (χ1n) is 6.13. The van der Waals surface area contributed by atoms with E-state index in [0.717, 1.165) is 19.3 Å². The molecule has 4 heteroatoms. The third-order valence-corrected chi connectivity index (χ3v) is 4.47. The van der Waals surface area contributed by atoms with Gasteiger partial charge in [0.2, 0.25) is 0 Å². The summed E-state index contributed by atoms with van der Waals surface area (Å²) in [4.78, 5) is 0. The zero-order valence-electron chi connectivity index (χ0n) is 10.00. The van der Waals surface area contributed by atoms with Gasteiger partial charge < -0.3 is 5.11 Å². The van der Waals surface area contributed by atoms with Crippen LogP contribution in [0.5, 0.6) is 0 Å². The SMILES string of the molecule is N#CC1(C(O)c2cc(F)ccc2Br)CCCCC1. The maximum Gasteiger partial charge on any atom is 0.123 e. The summed E-state index contributed by atoms with van der Waals surface area (Å²) in [6, 6.07) is 6.48. The molecule has 0 aromatic heterocycles. The molecule has 2 nitrogen and oxygen atoms in total. The molecule has 0 radical (unpaired) electrons. The van der Waals surface area contributed by atoms with Crippen LogP contribution in [0, 0.1) is 22.6 Å². The highest BCUT2D eigenvalue weighted by molar-refractivity contribution is 9.10. The summed E-state index contributed by atoms with van der Waals surface area (Å²) in [5.41, 5.74) is -0.298. The third-order valence-electron chi connectivity index (χ3n) is 3.74. The minimum absolute atomic E-state index is 0.392. The Labute approximate surface area is 115 Å². The van der Waals surface area contributed by atoms with Crippen LogP contribution in [0.4, 0.5) is 4.39 Å². The summed E-state index contributed by atoms with van der Waals surface area (Å²) >= 11 is 3.31. The van der Waals surface area contributed by atoms with Gasteiger partial charge in [0, 0.05) is 4.47 Å². The largest absolute Gasteiger partial charge is 0.387 e. The van der Waals surface area contributed by atoms with Crippen molar-refractivity contribution >= 4 is 15.9 Å². The number of benzene rings is 1. The fourth-order valence-corrected chi connectivity index (χ4v) is 3.11. The summed E-state index contributed by atoms with van der Waals surface area (Å²) in [5, 5.41) is 19.9. The predicted octanol–water partition coefficient (Wildman–Crippen LogP) is 4.10. The van der Waals surface area contributed by atoms with Crippen molar-refractivity contribution in [1.29, 1.82) is 5.26 Å². The van der Waals surface area contributed by atoms with Gasteiger partial charge >= 0.3 is 0 Å². The van der Waals surface area contributed by atoms with Gasteiger partial charge in [0.1, 0.15) is 5.82 Å². The third kappa shape index (κ3) is 2.43. The molecule has 96 valence electrons. The van der Waals surface area contributed by atoms with E-state index in [4.69, 9.17) is 0 Å². The van der Waals surface area contributed by atoms with Gasteiger partial charge in [-0.25, -0.2) is 4.39 Å². The Hall–Kier alpha value is -0.920. The number of hydrogen-bond donors (Lipinski definition) is 1. The van der Waals surface area contributed by atoms with Crippen molar-refractivity contribution in [3.05, 3.63) is 34.1 Å². The van der Waals surface area contributed by atoms with Crippen LogP contribution in [0.25, 0.3) is 0 Å². The number of halogens is 2. The van der Waals surface area contributed by atoms with E-state index in [1.54, 1.807) is 6.07 Å². The molecule has 18 heavy (non-hydrogen) atoms. The van der Waals surface area contributed by atoms with Crippen molar-refractivity contribution < 1.29 is 9.50 Å². The van der Waals surface area contributed by atoms with Gasteiger partial charge in [-0.1, -0.05) is 35.2 Å². The Morgan fingerprint density at radius 2 is 2.00 bits per heavy atom. The molecule has 1 aliphatic carbocycles. The molecule has 0 heterocycles. The number of nitriles is 1. The van der Waals surface area contributed by atoms with Crippen molar-refractivity contribution in [1.82, 2.24) is 0 Å². The monoisotopic (exact) mass is 311 g/mol. The molecule has 1 saturated carbocycles. The molecule has 2 rings (SSSR count). The molecule has 1 atom stereocenters. The number of nitrogens with zero attached hydrogens (tertiary/aromatic N) is 1. The molecule has 0 saturated heterocycles. The lowest BCUT2D eigenvalue weighted by Crippen LogP contribution is -2.30. The Kier molecular flexibility index (Phi) is 4.04. The Morgan fingerprint density at radius 3 is 2.61 bits per heavy atom. The van der Waals surface area contributed by atoms with E-state index in [1.165, 1.54) is 12.1 Å².